The predicted octanol–water partition coefficient (Wildman–Crippen LogP) is 1.97. The van der Waals surface area contributed by atoms with Crippen molar-refractivity contribution in [3.63, 3.8) is 0 Å². The fraction of sp³-hybridized carbons (Fsp3) is 0.500. The molecule has 0 aromatic heterocycles. The molecule has 0 spiro atoms. The number of hydrogen-bond acceptors (Lipinski definition) is 3. The lowest BCUT2D eigenvalue weighted by Gasteiger charge is -2.34. The van der Waals surface area contributed by atoms with Crippen LogP contribution in [0.3, 0.4) is 0 Å². The van der Waals surface area contributed by atoms with E-state index in [1.165, 1.54) is 9.13 Å². The van der Waals surface area contributed by atoms with E-state index >= 15 is 0 Å². The summed E-state index contributed by atoms with van der Waals surface area (Å²) in [6.45, 7) is 0. The number of nitrogens with two attached hydrogens (primary N) is 1. The van der Waals surface area contributed by atoms with E-state index < -0.39 is 0 Å². The standard InChI is InChI=1S/C16H18IN3O/c17-13-3-1-10(2-4-13)7-12(9-18)16-6-5-11(8-16)14(20-16)15(19)21/h1-4,11-12,14,20H,5-8H2,(H2,19,21)/t11?,12-,14?,16?/m1/s1. The molecular weight excluding hydrogens is 377 g/mol. The largest absolute Gasteiger partial charge is 0.368 e. The molecule has 1 aliphatic carbocycles. The molecule has 4 nitrogen and oxygen atoms in total. The Kier molecular flexibility index (Phi) is 3.93. The summed E-state index contributed by atoms with van der Waals surface area (Å²) in [6, 6.07) is 10.5. The van der Waals surface area contributed by atoms with Crippen molar-refractivity contribution in [2.24, 2.45) is 17.6 Å². The van der Waals surface area contributed by atoms with Gasteiger partial charge in [-0.25, -0.2) is 0 Å². The minimum absolute atomic E-state index is 0.119. The summed E-state index contributed by atoms with van der Waals surface area (Å²) in [5.41, 5.74) is 6.41. The average Bonchev–Trinajstić information content (AvgIpc) is 3.06. The minimum atomic E-state index is -0.285. The maximum Gasteiger partial charge on any atom is 0.234 e. The van der Waals surface area contributed by atoms with Gasteiger partial charge in [-0.05, 0) is 71.9 Å². The third-order valence-electron chi connectivity index (χ3n) is 4.98. The van der Waals surface area contributed by atoms with Crippen LogP contribution in [0, 0.1) is 26.7 Å². The molecule has 3 rings (SSSR count). The summed E-state index contributed by atoms with van der Waals surface area (Å²) in [7, 11) is 0. The molecule has 1 heterocycles. The fourth-order valence-electron chi connectivity index (χ4n) is 3.90. The van der Waals surface area contributed by atoms with Crippen molar-refractivity contribution in [3.8, 4) is 6.07 Å². The molecule has 1 saturated carbocycles. The Bertz CT molecular complexity index is 595. The first kappa shape index (κ1) is 14.8. The van der Waals surface area contributed by atoms with E-state index in [1.54, 1.807) is 0 Å². The molecule has 0 radical (unpaired) electrons. The number of hydrogen-bond donors (Lipinski definition) is 2. The number of primary amides is 1. The Hall–Kier alpha value is -1.13. The topological polar surface area (TPSA) is 78.9 Å². The van der Waals surface area contributed by atoms with Crippen molar-refractivity contribution in [2.45, 2.75) is 37.3 Å². The van der Waals surface area contributed by atoms with Crippen LogP contribution in [-0.4, -0.2) is 17.5 Å². The lowest BCUT2D eigenvalue weighted by atomic mass is 9.80. The summed E-state index contributed by atoms with van der Waals surface area (Å²) >= 11 is 2.28. The Morgan fingerprint density at radius 1 is 1.52 bits per heavy atom. The maximum absolute atomic E-state index is 11.5. The molecule has 2 bridgehead atoms. The first-order valence-electron chi connectivity index (χ1n) is 7.25. The molecule has 2 fully saturated rings. The molecule has 2 aliphatic rings. The molecule has 1 aromatic carbocycles. The number of nitrogens with one attached hydrogen (secondary N) is 1. The van der Waals surface area contributed by atoms with Crippen molar-refractivity contribution in [1.29, 1.82) is 5.26 Å². The van der Waals surface area contributed by atoms with Gasteiger partial charge in [-0.2, -0.15) is 5.26 Å². The van der Waals surface area contributed by atoms with Gasteiger partial charge in [0.25, 0.3) is 0 Å². The number of nitrogens with zero attached hydrogens (tertiary/aromatic N) is 1. The van der Waals surface area contributed by atoms with Gasteiger partial charge in [0.1, 0.15) is 0 Å². The SMILES string of the molecule is N#C[C@@H](Cc1ccc(I)cc1)C12CCC(C1)C(C(N)=O)N2. The highest BCUT2D eigenvalue weighted by Gasteiger charge is 2.55. The van der Waals surface area contributed by atoms with Crippen LogP contribution in [0.15, 0.2) is 24.3 Å². The Morgan fingerprint density at radius 3 is 2.81 bits per heavy atom. The molecule has 5 heteroatoms. The number of halogens is 1. The monoisotopic (exact) mass is 395 g/mol. The van der Waals surface area contributed by atoms with Crippen LogP contribution in [0.4, 0.5) is 0 Å². The fourth-order valence-corrected chi connectivity index (χ4v) is 4.26. The molecule has 3 unspecified atom stereocenters. The van der Waals surface area contributed by atoms with Crippen LogP contribution in [0.1, 0.15) is 24.8 Å². The third-order valence-corrected chi connectivity index (χ3v) is 5.70. The molecule has 21 heavy (non-hydrogen) atoms. The highest BCUT2D eigenvalue weighted by molar-refractivity contribution is 14.1. The van der Waals surface area contributed by atoms with Gasteiger partial charge in [-0.15, -0.1) is 0 Å². The van der Waals surface area contributed by atoms with E-state index in [-0.39, 0.29) is 23.4 Å². The van der Waals surface area contributed by atoms with Gasteiger partial charge < -0.3 is 5.73 Å². The molecule has 1 aliphatic heterocycles. The van der Waals surface area contributed by atoms with E-state index in [0.717, 1.165) is 25.7 Å². The van der Waals surface area contributed by atoms with Gasteiger partial charge in [-0.1, -0.05) is 12.1 Å². The Labute approximate surface area is 138 Å². The highest BCUT2D eigenvalue weighted by atomic mass is 127. The van der Waals surface area contributed by atoms with Crippen LogP contribution in [0.25, 0.3) is 0 Å². The smallest absolute Gasteiger partial charge is 0.234 e. The summed E-state index contributed by atoms with van der Waals surface area (Å²) in [6.07, 6.45) is 3.57. The Morgan fingerprint density at radius 2 is 2.24 bits per heavy atom. The normalized spacial score (nSPS) is 31.8. The third kappa shape index (κ3) is 2.67. The highest BCUT2D eigenvalue weighted by Crippen LogP contribution is 2.48. The van der Waals surface area contributed by atoms with Crippen LogP contribution < -0.4 is 11.1 Å². The van der Waals surface area contributed by atoms with Gasteiger partial charge in [0.05, 0.1) is 18.0 Å². The van der Waals surface area contributed by atoms with Gasteiger partial charge >= 0.3 is 0 Å². The zero-order valence-electron chi connectivity index (χ0n) is 11.7. The zero-order chi connectivity index (χ0) is 15.0. The van der Waals surface area contributed by atoms with E-state index in [0.29, 0.717) is 5.92 Å². The number of rotatable bonds is 4. The summed E-state index contributed by atoms with van der Waals surface area (Å²) in [5, 5.41) is 13.0. The van der Waals surface area contributed by atoms with Gasteiger partial charge in [-0.3, -0.25) is 10.1 Å². The Balaban J connectivity index is 1.79. The molecule has 4 atom stereocenters. The molecule has 3 N–H and O–H groups in total. The second kappa shape index (κ2) is 5.58. The van der Waals surface area contributed by atoms with Crippen LogP contribution in [0.2, 0.25) is 0 Å². The van der Waals surface area contributed by atoms with Gasteiger partial charge in [0.15, 0.2) is 0 Å². The molecule has 1 aromatic rings. The summed E-state index contributed by atoms with van der Waals surface area (Å²) in [5.74, 6) is -0.102. The lowest BCUT2D eigenvalue weighted by molar-refractivity contribution is -0.121. The first-order valence-corrected chi connectivity index (χ1v) is 8.33. The average molecular weight is 395 g/mol. The van der Waals surface area contributed by atoms with E-state index in [1.807, 2.05) is 0 Å². The van der Waals surface area contributed by atoms with Crippen LogP contribution >= 0.6 is 22.6 Å². The second-order valence-electron chi connectivity index (χ2n) is 6.20. The van der Waals surface area contributed by atoms with Gasteiger partial charge in [0.2, 0.25) is 5.91 Å². The van der Waals surface area contributed by atoms with Crippen molar-refractivity contribution < 1.29 is 4.79 Å². The number of carbonyl (C=O) groups is 1. The predicted molar refractivity (Wildman–Crippen MR) is 88.2 cm³/mol. The van der Waals surface area contributed by atoms with E-state index in [4.69, 9.17) is 5.73 Å². The number of benzene rings is 1. The van der Waals surface area contributed by atoms with Crippen LogP contribution in [0.5, 0.6) is 0 Å². The molecule has 1 saturated heterocycles. The summed E-state index contributed by atoms with van der Waals surface area (Å²) in [4.78, 5) is 11.5. The van der Waals surface area contributed by atoms with Crippen molar-refractivity contribution in [3.05, 3.63) is 33.4 Å². The van der Waals surface area contributed by atoms with E-state index in [2.05, 4.69) is 58.2 Å². The van der Waals surface area contributed by atoms with Gasteiger partial charge in [0, 0.05) is 9.11 Å². The summed E-state index contributed by atoms with van der Waals surface area (Å²) < 4.78 is 1.19. The van der Waals surface area contributed by atoms with Crippen molar-refractivity contribution in [1.82, 2.24) is 5.32 Å². The first-order chi connectivity index (χ1) is 10.0. The minimum Gasteiger partial charge on any atom is -0.368 e. The number of fused-ring (bicyclic) bond motifs is 2. The van der Waals surface area contributed by atoms with Crippen molar-refractivity contribution >= 4 is 28.5 Å². The number of piperidine rings is 1. The quantitative estimate of drug-likeness (QED) is 0.766. The molecular formula is C16H18IN3O. The van der Waals surface area contributed by atoms with Crippen molar-refractivity contribution in [2.75, 3.05) is 0 Å². The number of nitriles is 1. The number of carbonyl (C=O) groups excluding carboxylic acids is 1. The maximum atomic E-state index is 11.5. The molecule has 1 amide bonds. The van der Waals surface area contributed by atoms with E-state index in [9.17, 15) is 10.1 Å². The van der Waals surface area contributed by atoms with Crippen LogP contribution in [-0.2, 0) is 11.2 Å². The molecule has 110 valence electrons. The second-order valence-corrected chi connectivity index (χ2v) is 7.44. The number of amides is 1. The zero-order valence-corrected chi connectivity index (χ0v) is 13.8. The lowest BCUT2D eigenvalue weighted by Crippen LogP contribution is -2.54.